The maximum absolute atomic E-state index is 12.5. The van der Waals surface area contributed by atoms with Crippen LogP contribution in [0.25, 0.3) is 0 Å². The number of amides is 1. The molecule has 1 amide bonds. The number of benzene rings is 1. The molecule has 0 bridgehead atoms. The van der Waals surface area contributed by atoms with Crippen LogP contribution in [0, 0.1) is 12.3 Å². The molecule has 3 rings (SSSR count). The molecule has 1 aromatic carbocycles. The Morgan fingerprint density at radius 3 is 2.92 bits per heavy atom. The monoisotopic (exact) mass is 339 g/mol. The first-order valence-electron chi connectivity index (χ1n) is 8.24. The van der Waals surface area contributed by atoms with Gasteiger partial charge in [0.1, 0.15) is 18.5 Å². The Labute approximate surface area is 147 Å². The van der Waals surface area contributed by atoms with Crippen molar-refractivity contribution in [3.05, 3.63) is 47.8 Å². The Bertz CT molecular complexity index is 761. The standard InChI is InChI=1S/C19H21N3O3/c1-3-11-24-16-6-4-14(5-7-16)19(23)21-15-9-12-25-18(13-15)17-8-10-20-22(17)2/h1,4-8,10,15,18H,9,11-13H2,2H3,(H,21,23)/t15-,18+/m1/s1. The zero-order valence-corrected chi connectivity index (χ0v) is 14.1. The molecule has 25 heavy (non-hydrogen) atoms. The zero-order valence-electron chi connectivity index (χ0n) is 14.1. The summed E-state index contributed by atoms with van der Waals surface area (Å²) in [5, 5.41) is 7.27. The molecule has 1 saturated heterocycles. The molecule has 0 radical (unpaired) electrons. The van der Waals surface area contributed by atoms with Gasteiger partial charge in [-0.2, -0.15) is 5.10 Å². The lowest BCUT2D eigenvalue weighted by Crippen LogP contribution is -2.40. The van der Waals surface area contributed by atoms with E-state index in [0.717, 1.165) is 18.5 Å². The fraction of sp³-hybridized carbons (Fsp3) is 0.368. The molecule has 6 nitrogen and oxygen atoms in total. The van der Waals surface area contributed by atoms with Gasteiger partial charge in [0.2, 0.25) is 0 Å². The van der Waals surface area contributed by atoms with Crippen LogP contribution in [0.5, 0.6) is 5.75 Å². The predicted molar refractivity (Wildman–Crippen MR) is 93.2 cm³/mol. The second-order valence-corrected chi connectivity index (χ2v) is 5.95. The molecule has 0 unspecified atom stereocenters. The Balaban J connectivity index is 1.59. The van der Waals surface area contributed by atoms with Crippen molar-refractivity contribution in [2.45, 2.75) is 25.0 Å². The molecule has 0 spiro atoms. The van der Waals surface area contributed by atoms with Crippen molar-refractivity contribution >= 4 is 5.91 Å². The third-order valence-corrected chi connectivity index (χ3v) is 4.25. The van der Waals surface area contributed by atoms with Crippen molar-refractivity contribution in [2.75, 3.05) is 13.2 Å². The SMILES string of the molecule is C#CCOc1ccc(C(=O)N[C@@H]2CCO[C@H](c3ccnn3C)C2)cc1. The number of carbonyl (C=O) groups is 1. The Morgan fingerprint density at radius 2 is 2.24 bits per heavy atom. The van der Waals surface area contributed by atoms with Gasteiger partial charge in [0, 0.05) is 31.5 Å². The van der Waals surface area contributed by atoms with E-state index in [-0.39, 0.29) is 24.7 Å². The topological polar surface area (TPSA) is 65.4 Å². The van der Waals surface area contributed by atoms with E-state index >= 15 is 0 Å². The maximum Gasteiger partial charge on any atom is 0.251 e. The molecule has 1 fully saturated rings. The highest BCUT2D eigenvalue weighted by molar-refractivity contribution is 5.94. The van der Waals surface area contributed by atoms with Gasteiger partial charge in [-0.3, -0.25) is 9.48 Å². The van der Waals surface area contributed by atoms with Crippen LogP contribution in [0.3, 0.4) is 0 Å². The smallest absolute Gasteiger partial charge is 0.251 e. The number of nitrogens with one attached hydrogen (secondary N) is 1. The molecule has 1 N–H and O–H groups in total. The molecule has 0 saturated carbocycles. The van der Waals surface area contributed by atoms with Crippen LogP contribution >= 0.6 is 0 Å². The van der Waals surface area contributed by atoms with Crippen LogP contribution < -0.4 is 10.1 Å². The summed E-state index contributed by atoms with van der Waals surface area (Å²) in [6.45, 7) is 0.822. The molecule has 130 valence electrons. The van der Waals surface area contributed by atoms with Crippen LogP contribution in [-0.2, 0) is 11.8 Å². The maximum atomic E-state index is 12.5. The first-order chi connectivity index (χ1) is 12.2. The van der Waals surface area contributed by atoms with E-state index in [1.165, 1.54) is 0 Å². The quantitative estimate of drug-likeness (QED) is 0.847. The Hall–Kier alpha value is -2.78. The van der Waals surface area contributed by atoms with Gasteiger partial charge in [0.05, 0.1) is 5.69 Å². The van der Waals surface area contributed by atoms with Crippen molar-refractivity contribution in [3.8, 4) is 18.1 Å². The highest BCUT2D eigenvalue weighted by Crippen LogP contribution is 2.27. The third kappa shape index (κ3) is 4.20. The lowest BCUT2D eigenvalue weighted by Gasteiger charge is -2.30. The van der Waals surface area contributed by atoms with Gasteiger partial charge in [0.25, 0.3) is 5.91 Å². The lowest BCUT2D eigenvalue weighted by molar-refractivity contribution is -0.00353. The van der Waals surface area contributed by atoms with Crippen molar-refractivity contribution in [1.29, 1.82) is 0 Å². The number of nitrogens with zero attached hydrogens (tertiary/aromatic N) is 2. The summed E-state index contributed by atoms with van der Waals surface area (Å²) < 4.78 is 13.0. The van der Waals surface area contributed by atoms with Crippen molar-refractivity contribution < 1.29 is 14.3 Å². The number of terminal acetylenes is 1. The van der Waals surface area contributed by atoms with Crippen molar-refractivity contribution in [1.82, 2.24) is 15.1 Å². The van der Waals surface area contributed by atoms with Gasteiger partial charge in [-0.05, 0) is 43.2 Å². The first-order valence-corrected chi connectivity index (χ1v) is 8.24. The van der Waals surface area contributed by atoms with Gasteiger partial charge in [-0.25, -0.2) is 0 Å². The summed E-state index contributed by atoms with van der Waals surface area (Å²) in [6.07, 6.45) is 8.39. The highest BCUT2D eigenvalue weighted by atomic mass is 16.5. The van der Waals surface area contributed by atoms with E-state index < -0.39 is 0 Å². The van der Waals surface area contributed by atoms with Crippen LogP contribution in [0.15, 0.2) is 36.5 Å². The van der Waals surface area contributed by atoms with Gasteiger partial charge in [0.15, 0.2) is 0 Å². The first kappa shape index (κ1) is 17.1. The normalized spacial score (nSPS) is 19.8. The molecule has 6 heteroatoms. The van der Waals surface area contributed by atoms with E-state index in [4.69, 9.17) is 15.9 Å². The second-order valence-electron chi connectivity index (χ2n) is 5.95. The number of rotatable bonds is 5. The van der Waals surface area contributed by atoms with Crippen molar-refractivity contribution in [3.63, 3.8) is 0 Å². The molecule has 1 aromatic heterocycles. The van der Waals surface area contributed by atoms with Crippen LogP contribution in [-0.4, -0.2) is 34.9 Å². The third-order valence-electron chi connectivity index (χ3n) is 4.25. The minimum Gasteiger partial charge on any atom is -0.481 e. The van der Waals surface area contributed by atoms with Crippen LogP contribution in [0.1, 0.15) is 35.0 Å². The number of aromatic nitrogens is 2. The summed E-state index contributed by atoms with van der Waals surface area (Å²) in [4.78, 5) is 12.5. The number of hydrogen-bond donors (Lipinski definition) is 1. The largest absolute Gasteiger partial charge is 0.481 e. The number of carbonyl (C=O) groups excluding carboxylic acids is 1. The minimum absolute atomic E-state index is 0.0499. The molecule has 2 atom stereocenters. The predicted octanol–water partition coefficient (Wildman–Crippen LogP) is 2.08. The van der Waals surface area contributed by atoms with Crippen LogP contribution in [0.2, 0.25) is 0 Å². The van der Waals surface area contributed by atoms with Gasteiger partial charge in [-0.1, -0.05) is 5.92 Å². The second kappa shape index (κ2) is 7.86. The summed E-state index contributed by atoms with van der Waals surface area (Å²) in [5.41, 5.74) is 1.62. The van der Waals surface area contributed by atoms with E-state index in [1.54, 1.807) is 30.5 Å². The number of aryl methyl sites for hydroxylation is 1. The van der Waals surface area contributed by atoms with E-state index in [2.05, 4.69) is 16.3 Å². The molecule has 0 aliphatic carbocycles. The summed E-state index contributed by atoms with van der Waals surface area (Å²) in [6, 6.07) is 8.98. The lowest BCUT2D eigenvalue weighted by atomic mass is 10.0. The molecule has 2 heterocycles. The number of hydrogen-bond acceptors (Lipinski definition) is 4. The fourth-order valence-electron chi connectivity index (χ4n) is 2.93. The van der Waals surface area contributed by atoms with Crippen LogP contribution in [0.4, 0.5) is 0 Å². The molecule has 2 aromatic rings. The molecule has 1 aliphatic heterocycles. The molecular formula is C19H21N3O3. The highest BCUT2D eigenvalue weighted by Gasteiger charge is 2.27. The Kier molecular flexibility index (Phi) is 5.36. The van der Waals surface area contributed by atoms with Gasteiger partial charge in [-0.15, -0.1) is 6.42 Å². The van der Waals surface area contributed by atoms with Gasteiger partial charge >= 0.3 is 0 Å². The van der Waals surface area contributed by atoms with Gasteiger partial charge < -0.3 is 14.8 Å². The average molecular weight is 339 g/mol. The minimum atomic E-state index is -0.0980. The fourth-order valence-corrected chi connectivity index (χ4v) is 2.93. The van der Waals surface area contributed by atoms with E-state index in [0.29, 0.717) is 17.9 Å². The van der Waals surface area contributed by atoms with E-state index in [1.807, 2.05) is 17.8 Å². The molecular weight excluding hydrogens is 318 g/mol. The summed E-state index contributed by atoms with van der Waals surface area (Å²) in [5.74, 6) is 2.96. The van der Waals surface area contributed by atoms with E-state index in [9.17, 15) is 4.79 Å². The average Bonchev–Trinajstić information content (AvgIpc) is 3.06. The summed E-state index contributed by atoms with van der Waals surface area (Å²) >= 11 is 0. The Morgan fingerprint density at radius 1 is 1.44 bits per heavy atom. The molecule has 1 aliphatic rings. The van der Waals surface area contributed by atoms with Crippen molar-refractivity contribution in [2.24, 2.45) is 7.05 Å². The zero-order chi connectivity index (χ0) is 17.6. The summed E-state index contributed by atoms with van der Waals surface area (Å²) in [7, 11) is 1.89. The number of ether oxygens (including phenoxy) is 2.